The molecule has 0 saturated heterocycles. The number of pyridine rings is 1. The van der Waals surface area contributed by atoms with Crippen LogP contribution < -0.4 is 20.4 Å². The molecule has 5 rings (SSSR count). The minimum atomic E-state index is -2.82. The van der Waals surface area contributed by atoms with Crippen LogP contribution in [0.1, 0.15) is 49.6 Å². The Hall–Kier alpha value is -5.41. The van der Waals surface area contributed by atoms with Crippen LogP contribution in [-0.4, -0.2) is 52.9 Å². The molecule has 0 aliphatic rings. The molecule has 0 spiro atoms. The average Bonchev–Trinajstić information content (AvgIpc) is 3.39. The molecule has 12 nitrogen and oxygen atoms in total. The van der Waals surface area contributed by atoms with Crippen LogP contribution in [0.5, 0.6) is 0 Å². The van der Waals surface area contributed by atoms with Gasteiger partial charge in [0.1, 0.15) is 11.4 Å². The van der Waals surface area contributed by atoms with Crippen LogP contribution in [0.25, 0.3) is 10.9 Å². The third-order valence-corrected chi connectivity index (χ3v) is 9.46. The summed E-state index contributed by atoms with van der Waals surface area (Å²) < 4.78 is 56.7. The average molecular weight is 721 g/mol. The number of hydrogen-bond acceptors (Lipinski definition) is 6. The molecular weight excluding hydrogens is 682 g/mol. The normalized spacial score (nSPS) is 12.5. The summed E-state index contributed by atoms with van der Waals surface area (Å²) in [6.07, 6.45) is 1.52. The van der Waals surface area contributed by atoms with E-state index < -0.39 is 63.7 Å². The van der Waals surface area contributed by atoms with Crippen LogP contribution in [0.3, 0.4) is 0 Å². The van der Waals surface area contributed by atoms with Crippen LogP contribution in [0.2, 0.25) is 0 Å². The van der Waals surface area contributed by atoms with Crippen LogP contribution in [0.4, 0.5) is 20.4 Å². The van der Waals surface area contributed by atoms with Crippen molar-refractivity contribution in [1.29, 1.82) is 0 Å². The van der Waals surface area contributed by atoms with E-state index in [1.165, 1.54) is 4.57 Å². The molecule has 15 heteroatoms. The van der Waals surface area contributed by atoms with E-state index in [4.69, 9.17) is 0 Å². The number of amides is 1. The molecule has 2 aromatic heterocycles. The van der Waals surface area contributed by atoms with E-state index >= 15 is 8.78 Å². The zero-order valence-electron chi connectivity index (χ0n) is 28.6. The Morgan fingerprint density at radius 2 is 1.73 bits per heavy atom. The Balaban J connectivity index is 1.53. The number of halogens is 2. The molecule has 2 unspecified atom stereocenters. The number of benzene rings is 3. The molecule has 0 aliphatic heterocycles. The molecule has 0 bridgehead atoms. The number of hydrogen-bond donors (Lipinski definition) is 5. The number of fused-ring (bicyclic) bond motifs is 1. The number of aromatic amines is 1. The van der Waals surface area contributed by atoms with Gasteiger partial charge in [0, 0.05) is 30.5 Å². The predicted molar refractivity (Wildman–Crippen MR) is 191 cm³/mol. The van der Waals surface area contributed by atoms with Crippen molar-refractivity contribution in [2.24, 2.45) is 0 Å². The Kier molecular flexibility index (Phi) is 11.0. The van der Waals surface area contributed by atoms with Gasteiger partial charge in [0.2, 0.25) is 11.4 Å². The summed E-state index contributed by atoms with van der Waals surface area (Å²) in [5, 5.41) is 15.0. The highest BCUT2D eigenvalue weighted by Gasteiger charge is 2.33. The molecule has 51 heavy (non-hydrogen) atoms. The monoisotopic (exact) mass is 720 g/mol. The van der Waals surface area contributed by atoms with Gasteiger partial charge in [-0.15, -0.1) is 0 Å². The third kappa shape index (κ3) is 7.84. The first-order chi connectivity index (χ1) is 24.2. The van der Waals surface area contributed by atoms with Gasteiger partial charge in [0.05, 0.1) is 28.8 Å². The fraction of sp³-hybridized carbons (Fsp3) is 0.278. The topological polar surface area (TPSA) is 170 Å². The highest BCUT2D eigenvalue weighted by molar-refractivity contribution is 7.80. The summed E-state index contributed by atoms with van der Waals surface area (Å²) in [5.41, 5.74) is 2.48. The third-order valence-electron chi connectivity index (χ3n) is 8.69. The Morgan fingerprint density at radius 1 is 1.06 bits per heavy atom. The number of rotatable bonds is 13. The van der Waals surface area contributed by atoms with Gasteiger partial charge >= 0.3 is 5.97 Å². The molecule has 0 saturated carbocycles. The van der Waals surface area contributed by atoms with Crippen LogP contribution >= 0.6 is 0 Å². The Labute approximate surface area is 295 Å². The number of carboxylic acids is 1. The van der Waals surface area contributed by atoms with Gasteiger partial charge in [0.15, 0.2) is 11.9 Å². The van der Waals surface area contributed by atoms with Crippen molar-refractivity contribution in [3.63, 3.8) is 0 Å². The first kappa shape index (κ1) is 36.9. The number of aliphatic carboxylic acids is 1. The van der Waals surface area contributed by atoms with E-state index in [2.05, 4.69) is 20.6 Å². The van der Waals surface area contributed by atoms with Crippen molar-refractivity contribution in [1.82, 2.24) is 19.9 Å². The maximum atomic E-state index is 16.3. The van der Waals surface area contributed by atoms with Gasteiger partial charge in [-0.1, -0.05) is 48.0 Å². The summed E-state index contributed by atoms with van der Waals surface area (Å²) in [6.45, 7) is 7.85. The number of carbonyl (C=O) groups is 2. The highest BCUT2D eigenvalue weighted by Crippen LogP contribution is 2.29. The lowest BCUT2D eigenvalue weighted by Gasteiger charge is -2.30. The number of aromatic nitrogens is 3. The summed E-state index contributed by atoms with van der Waals surface area (Å²) in [6, 6.07) is 11.8. The minimum Gasteiger partial charge on any atom is -0.480 e. The molecule has 0 fully saturated rings. The van der Waals surface area contributed by atoms with Crippen molar-refractivity contribution in [2.45, 2.75) is 60.2 Å². The Morgan fingerprint density at radius 3 is 2.31 bits per heavy atom. The molecule has 5 aromatic rings. The SMILES string of the molecule is Cc1cc(C)c(N(C(CNC(=O)c2cn(CCc3ccccc3)c3c(F)c(CNc4nc(C)c(C)[nH]4)c(F)cc3c2=O)C(=O)O)S(=O)O)c(C)c1. The number of nitrogens with one attached hydrogen (secondary N) is 3. The molecule has 2 heterocycles. The second kappa shape index (κ2) is 15.2. The largest absolute Gasteiger partial charge is 0.480 e. The van der Waals surface area contributed by atoms with E-state index in [0.29, 0.717) is 29.2 Å². The quantitative estimate of drug-likeness (QED) is 0.103. The van der Waals surface area contributed by atoms with E-state index in [-0.39, 0.29) is 29.9 Å². The molecule has 0 aliphatic carbocycles. The summed E-state index contributed by atoms with van der Waals surface area (Å²) in [4.78, 5) is 47.1. The molecule has 2 atom stereocenters. The molecule has 3 aromatic carbocycles. The standard InChI is InChI=1S/C36H38F2N6O6S/c1-19-13-20(2)31(21(3)14-19)44(51(49)50)29(35(47)48)17-39-34(46)27-18-43(12-11-24-9-7-6-8-10-24)32-25(33(27)45)15-28(37)26(30(32)38)16-40-36-41-22(4)23(5)42-36/h6-10,13-15,18,29H,11-12,16-17H2,1-5H3,(H,39,46)(H,47,48)(H,49,50)(H2,40,41,42). The number of imidazole rings is 1. The zero-order valence-corrected chi connectivity index (χ0v) is 29.5. The highest BCUT2D eigenvalue weighted by atomic mass is 32.2. The lowest BCUT2D eigenvalue weighted by atomic mass is 10.0. The molecule has 1 amide bonds. The number of aryl methyl sites for hydroxylation is 7. The van der Waals surface area contributed by atoms with Gasteiger partial charge in [-0.3, -0.25) is 18.4 Å². The van der Waals surface area contributed by atoms with Crippen molar-refractivity contribution in [2.75, 3.05) is 16.2 Å². The lowest BCUT2D eigenvalue weighted by Crippen LogP contribution is -2.50. The Bertz CT molecular complexity index is 2180. The second-order valence-corrected chi connectivity index (χ2v) is 13.2. The summed E-state index contributed by atoms with van der Waals surface area (Å²) in [7, 11) is 0. The fourth-order valence-electron chi connectivity index (χ4n) is 6.14. The number of carbonyl (C=O) groups excluding carboxylic acids is 1. The van der Waals surface area contributed by atoms with E-state index in [9.17, 15) is 28.3 Å². The number of anilines is 2. The fourth-order valence-corrected chi connectivity index (χ4v) is 6.97. The van der Waals surface area contributed by atoms with Crippen molar-refractivity contribution >= 4 is 45.7 Å². The van der Waals surface area contributed by atoms with Gasteiger partial charge in [0.25, 0.3) is 17.2 Å². The minimum absolute atomic E-state index is 0.0913. The number of carboxylic acid groups (broad SMARTS) is 1. The van der Waals surface area contributed by atoms with Crippen LogP contribution in [0.15, 0.2) is 59.5 Å². The van der Waals surface area contributed by atoms with E-state index in [1.54, 1.807) is 39.8 Å². The smallest absolute Gasteiger partial charge is 0.329 e. The van der Waals surface area contributed by atoms with Gasteiger partial charge in [-0.25, -0.2) is 22.8 Å². The van der Waals surface area contributed by atoms with Gasteiger partial charge in [-0.05, 0) is 63.8 Å². The van der Waals surface area contributed by atoms with Crippen LogP contribution in [0, 0.1) is 46.3 Å². The van der Waals surface area contributed by atoms with E-state index in [1.807, 2.05) is 37.3 Å². The maximum absolute atomic E-state index is 16.3. The van der Waals surface area contributed by atoms with Crippen molar-refractivity contribution < 1.29 is 32.2 Å². The predicted octanol–water partition coefficient (Wildman–Crippen LogP) is 5.23. The van der Waals surface area contributed by atoms with Crippen molar-refractivity contribution in [3.05, 3.63) is 121 Å². The zero-order chi connectivity index (χ0) is 37.1. The first-order valence-electron chi connectivity index (χ1n) is 16.0. The summed E-state index contributed by atoms with van der Waals surface area (Å²) >= 11 is -2.82. The second-order valence-electron chi connectivity index (χ2n) is 12.4. The van der Waals surface area contributed by atoms with Crippen molar-refractivity contribution in [3.8, 4) is 0 Å². The molecular formula is C36H38F2N6O6S. The van der Waals surface area contributed by atoms with Gasteiger partial charge < -0.3 is 25.3 Å². The van der Waals surface area contributed by atoms with E-state index in [0.717, 1.165) is 33.4 Å². The molecule has 5 N–H and O–H groups in total. The summed E-state index contributed by atoms with van der Waals surface area (Å²) in [5.74, 6) is -4.25. The first-order valence-corrected chi connectivity index (χ1v) is 17.1. The van der Waals surface area contributed by atoms with Gasteiger partial charge in [-0.2, -0.15) is 0 Å². The lowest BCUT2D eigenvalue weighted by molar-refractivity contribution is -0.138. The van der Waals surface area contributed by atoms with Crippen LogP contribution in [-0.2, 0) is 35.6 Å². The molecule has 0 radical (unpaired) electrons. The number of H-pyrrole nitrogens is 1. The molecule has 268 valence electrons. The number of nitrogens with zero attached hydrogens (tertiary/aromatic N) is 3. The maximum Gasteiger partial charge on any atom is 0.329 e.